The minimum Gasteiger partial charge on any atom is -0.343 e. The van der Waals surface area contributed by atoms with Crippen LogP contribution in [0.25, 0.3) is 0 Å². The second-order valence-electron chi connectivity index (χ2n) is 5.59. The minimum atomic E-state index is -0.415. The van der Waals surface area contributed by atoms with Crippen LogP contribution in [0.15, 0.2) is 24.4 Å². The largest absolute Gasteiger partial charge is 0.343 e. The monoisotopic (exact) mass is 289 g/mol. The van der Waals surface area contributed by atoms with E-state index in [1.165, 1.54) is 0 Å². The Bertz CT molecular complexity index is 504. The number of hydrogen-bond acceptors (Lipinski definition) is 3. The van der Waals surface area contributed by atoms with Crippen LogP contribution < -0.4 is 5.32 Å². The molecule has 114 valence electrons. The van der Waals surface area contributed by atoms with Crippen LogP contribution in [0.5, 0.6) is 0 Å². The molecule has 1 N–H and O–H groups in total. The van der Waals surface area contributed by atoms with E-state index in [0.717, 1.165) is 12.1 Å². The Morgan fingerprint density at radius 2 is 2.10 bits per heavy atom. The molecule has 1 aromatic rings. The van der Waals surface area contributed by atoms with Crippen molar-refractivity contribution in [1.82, 2.24) is 15.2 Å². The molecule has 1 aliphatic heterocycles. The molecular weight excluding hydrogens is 266 g/mol. The molecule has 1 fully saturated rings. The molecule has 0 radical (unpaired) electrons. The number of carbonyl (C=O) groups is 2. The van der Waals surface area contributed by atoms with E-state index in [2.05, 4.69) is 10.3 Å². The Balaban J connectivity index is 2.28. The van der Waals surface area contributed by atoms with E-state index in [4.69, 9.17) is 0 Å². The number of aromatic nitrogens is 1. The molecule has 2 rings (SSSR count). The molecule has 0 saturated carbocycles. The van der Waals surface area contributed by atoms with Gasteiger partial charge in [-0.1, -0.05) is 33.3 Å². The van der Waals surface area contributed by atoms with Gasteiger partial charge in [0, 0.05) is 6.20 Å². The summed E-state index contributed by atoms with van der Waals surface area (Å²) in [5.41, 5.74) is 0.809. The average Bonchev–Trinajstić information content (AvgIpc) is 2.51. The van der Waals surface area contributed by atoms with Crippen molar-refractivity contribution in [2.75, 3.05) is 0 Å². The summed E-state index contributed by atoms with van der Waals surface area (Å²) < 4.78 is 0. The first-order valence-corrected chi connectivity index (χ1v) is 7.59. The van der Waals surface area contributed by atoms with E-state index >= 15 is 0 Å². The van der Waals surface area contributed by atoms with Gasteiger partial charge < -0.3 is 10.2 Å². The molecular formula is C16H23N3O2. The van der Waals surface area contributed by atoms with Gasteiger partial charge >= 0.3 is 0 Å². The molecule has 0 aliphatic carbocycles. The lowest BCUT2D eigenvalue weighted by Crippen LogP contribution is -2.64. The lowest BCUT2D eigenvalue weighted by molar-refractivity contribution is -0.152. The molecule has 3 atom stereocenters. The summed E-state index contributed by atoms with van der Waals surface area (Å²) in [6, 6.07) is 4.80. The van der Waals surface area contributed by atoms with E-state index in [1.807, 2.05) is 39.0 Å². The van der Waals surface area contributed by atoms with Gasteiger partial charge in [-0.05, 0) is 24.5 Å². The zero-order valence-electron chi connectivity index (χ0n) is 12.9. The number of amides is 2. The third kappa shape index (κ3) is 3.23. The fourth-order valence-electron chi connectivity index (χ4n) is 2.71. The lowest BCUT2D eigenvalue weighted by Gasteiger charge is -2.41. The highest BCUT2D eigenvalue weighted by atomic mass is 16.2. The van der Waals surface area contributed by atoms with Gasteiger partial charge in [-0.2, -0.15) is 0 Å². The van der Waals surface area contributed by atoms with Gasteiger partial charge in [0.15, 0.2) is 0 Å². The van der Waals surface area contributed by atoms with Gasteiger partial charge in [-0.3, -0.25) is 14.6 Å². The van der Waals surface area contributed by atoms with Crippen LogP contribution in [-0.2, 0) is 16.1 Å². The number of rotatable bonds is 5. The summed E-state index contributed by atoms with van der Waals surface area (Å²) in [6.07, 6.45) is 3.16. The van der Waals surface area contributed by atoms with Crippen LogP contribution in [0.3, 0.4) is 0 Å². The predicted molar refractivity (Wildman–Crippen MR) is 80.3 cm³/mol. The standard InChI is InChI=1S/C16H23N3O2/c1-4-11(3)14-15(20)18-13(5-2)16(21)19(14)10-12-8-6-7-9-17-12/h6-9,11,13-14H,4-5,10H2,1-3H3,(H,18,20). The summed E-state index contributed by atoms with van der Waals surface area (Å²) >= 11 is 0. The zero-order valence-corrected chi connectivity index (χ0v) is 12.9. The summed E-state index contributed by atoms with van der Waals surface area (Å²) in [5.74, 6) is 0.0650. The summed E-state index contributed by atoms with van der Waals surface area (Å²) in [6.45, 7) is 6.34. The van der Waals surface area contributed by atoms with Crippen molar-refractivity contribution in [2.45, 2.75) is 52.2 Å². The average molecular weight is 289 g/mol. The van der Waals surface area contributed by atoms with Crippen LogP contribution in [0.4, 0.5) is 0 Å². The van der Waals surface area contributed by atoms with E-state index in [1.54, 1.807) is 11.1 Å². The third-order valence-corrected chi connectivity index (χ3v) is 4.15. The van der Waals surface area contributed by atoms with E-state index in [9.17, 15) is 9.59 Å². The zero-order chi connectivity index (χ0) is 15.4. The van der Waals surface area contributed by atoms with Crippen molar-refractivity contribution in [2.24, 2.45) is 5.92 Å². The molecule has 5 nitrogen and oxygen atoms in total. The molecule has 0 aromatic carbocycles. The molecule has 1 saturated heterocycles. The highest BCUT2D eigenvalue weighted by Crippen LogP contribution is 2.22. The van der Waals surface area contributed by atoms with Crippen LogP contribution in [0.1, 0.15) is 39.3 Å². The van der Waals surface area contributed by atoms with E-state index in [0.29, 0.717) is 13.0 Å². The fraction of sp³-hybridized carbons (Fsp3) is 0.562. The number of nitrogens with one attached hydrogen (secondary N) is 1. The Morgan fingerprint density at radius 1 is 1.33 bits per heavy atom. The highest BCUT2D eigenvalue weighted by molar-refractivity contribution is 5.97. The maximum atomic E-state index is 12.6. The second-order valence-corrected chi connectivity index (χ2v) is 5.59. The smallest absolute Gasteiger partial charge is 0.246 e. The molecule has 0 spiro atoms. The van der Waals surface area contributed by atoms with E-state index in [-0.39, 0.29) is 17.7 Å². The SMILES string of the molecule is CCC1NC(=O)C(C(C)CC)N(Cc2ccccn2)C1=O. The molecule has 2 amide bonds. The Hall–Kier alpha value is -1.91. The Labute approximate surface area is 125 Å². The van der Waals surface area contributed by atoms with Gasteiger partial charge in [0.1, 0.15) is 12.1 Å². The molecule has 0 bridgehead atoms. The summed E-state index contributed by atoms with van der Waals surface area (Å²) in [4.78, 5) is 31.0. The third-order valence-electron chi connectivity index (χ3n) is 4.15. The second kappa shape index (κ2) is 6.70. The maximum absolute atomic E-state index is 12.6. The van der Waals surface area contributed by atoms with Gasteiger partial charge in [0.05, 0.1) is 12.2 Å². The Kier molecular flexibility index (Phi) is 4.94. The summed E-state index contributed by atoms with van der Waals surface area (Å²) in [7, 11) is 0. The quantitative estimate of drug-likeness (QED) is 0.898. The number of carbonyl (C=O) groups excluding carboxylic acids is 2. The van der Waals surface area contributed by atoms with Crippen molar-refractivity contribution in [3.05, 3.63) is 30.1 Å². The predicted octanol–water partition coefficient (Wildman–Crippen LogP) is 1.73. The first kappa shape index (κ1) is 15.5. The Morgan fingerprint density at radius 3 is 2.67 bits per heavy atom. The number of nitrogens with zero attached hydrogens (tertiary/aromatic N) is 2. The summed E-state index contributed by atoms with van der Waals surface area (Å²) in [5, 5.41) is 2.85. The van der Waals surface area contributed by atoms with Gasteiger partial charge in [0.2, 0.25) is 11.8 Å². The van der Waals surface area contributed by atoms with Gasteiger partial charge in [-0.25, -0.2) is 0 Å². The van der Waals surface area contributed by atoms with Gasteiger partial charge in [0.25, 0.3) is 0 Å². The molecule has 5 heteroatoms. The molecule has 1 aromatic heterocycles. The van der Waals surface area contributed by atoms with Crippen molar-refractivity contribution < 1.29 is 9.59 Å². The van der Waals surface area contributed by atoms with Crippen LogP contribution in [0.2, 0.25) is 0 Å². The highest BCUT2D eigenvalue weighted by Gasteiger charge is 2.41. The minimum absolute atomic E-state index is 0.00643. The van der Waals surface area contributed by atoms with Crippen molar-refractivity contribution in [3.8, 4) is 0 Å². The lowest BCUT2D eigenvalue weighted by atomic mass is 9.92. The van der Waals surface area contributed by atoms with Crippen LogP contribution >= 0.6 is 0 Å². The molecule has 1 aliphatic rings. The molecule has 21 heavy (non-hydrogen) atoms. The first-order valence-electron chi connectivity index (χ1n) is 7.59. The van der Waals surface area contributed by atoms with Crippen molar-refractivity contribution >= 4 is 11.8 Å². The van der Waals surface area contributed by atoms with Gasteiger partial charge in [-0.15, -0.1) is 0 Å². The number of hydrogen-bond donors (Lipinski definition) is 1. The topological polar surface area (TPSA) is 62.3 Å². The fourth-order valence-corrected chi connectivity index (χ4v) is 2.71. The van der Waals surface area contributed by atoms with Crippen molar-refractivity contribution in [3.63, 3.8) is 0 Å². The maximum Gasteiger partial charge on any atom is 0.246 e. The normalized spacial score (nSPS) is 23.9. The number of piperazine rings is 1. The molecule has 2 heterocycles. The van der Waals surface area contributed by atoms with E-state index < -0.39 is 12.1 Å². The number of pyridine rings is 1. The molecule has 3 unspecified atom stereocenters. The van der Waals surface area contributed by atoms with Crippen molar-refractivity contribution in [1.29, 1.82) is 0 Å². The van der Waals surface area contributed by atoms with Crippen LogP contribution in [-0.4, -0.2) is 33.8 Å². The van der Waals surface area contributed by atoms with Crippen LogP contribution in [0, 0.1) is 5.92 Å². The first-order chi connectivity index (χ1) is 10.1.